The molecule has 0 saturated heterocycles. The van der Waals surface area contributed by atoms with Crippen molar-refractivity contribution in [1.29, 1.82) is 0 Å². The van der Waals surface area contributed by atoms with Crippen LogP contribution in [0.4, 0.5) is 0 Å². The van der Waals surface area contributed by atoms with Gasteiger partial charge in [-0.1, -0.05) is 12.1 Å². The van der Waals surface area contributed by atoms with E-state index < -0.39 is 9.05 Å². The first-order chi connectivity index (χ1) is 6.97. The first-order valence-corrected chi connectivity index (χ1v) is 6.90. The second kappa shape index (κ2) is 3.54. The van der Waals surface area contributed by atoms with Crippen LogP contribution in [0, 0.1) is 0 Å². The highest BCUT2D eigenvalue weighted by Crippen LogP contribution is 2.22. The number of halogens is 1. The van der Waals surface area contributed by atoms with Gasteiger partial charge in [0.05, 0.1) is 5.75 Å². The van der Waals surface area contributed by atoms with E-state index in [-0.39, 0.29) is 5.75 Å². The fourth-order valence-electron chi connectivity index (χ4n) is 1.68. The average Bonchev–Trinajstić information content (AvgIpc) is 2.47. The van der Waals surface area contributed by atoms with Crippen molar-refractivity contribution in [3.05, 3.63) is 36.0 Å². The summed E-state index contributed by atoms with van der Waals surface area (Å²) in [5.41, 5.74) is 1.75. The van der Waals surface area contributed by atoms with Crippen LogP contribution in [0.2, 0.25) is 0 Å². The predicted octanol–water partition coefficient (Wildman–Crippen LogP) is 2.25. The van der Waals surface area contributed by atoms with E-state index in [0.717, 1.165) is 16.5 Å². The summed E-state index contributed by atoms with van der Waals surface area (Å²) >= 11 is 0. The van der Waals surface area contributed by atoms with Gasteiger partial charge in [-0.05, 0) is 17.7 Å². The molecule has 0 amide bonds. The highest BCUT2D eigenvalue weighted by molar-refractivity contribution is 8.13. The lowest BCUT2D eigenvalue weighted by molar-refractivity contribution is 0.609. The number of hydrogen-bond acceptors (Lipinski definition) is 2. The lowest BCUT2D eigenvalue weighted by Crippen LogP contribution is -1.95. The van der Waals surface area contributed by atoms with Crippen LogP contribution in [0.15, 0.2) is 30.5 Å². The van der Waals surface area contributed by atoms with Gasteiger partial charge in [-0.15, -0.1) is 0 Å². The van der Waals surface area contributed by atoms with Crippen LogP contribution in [-0.4, -0.2) is 13.0 Å². The minimum Gasteiger partial charge on any atom is -0.351 e. The van der Waals surface area contributed by atoms with Crippen LogP contribution in [0.25, 0.3) is 10.9 Å². The van der Waals surface area contributed by atoms with Gasteiger partial charge in [0.25, 0.3) is 0 Å². The predicted molar refractivity (Wildman–Crippen MR) is 61.4 cm³/mol. The molecule has 2 aromatic rings. The summed E-state index contributed by atoms with van der Waals surface area (Å²) < 4.78 is 24.0. The highest BCUT2D eigenvalue weighted by atomic mass is 35.7. The van der Waals surface area contributed by atoms with Gasteiger partial charge in [0.2, 0.25) is 9.05 Å². The van der Waals surface area contributed by atoms with E-state index in [0.29, 0.717) is 0 Å². The van der Waals surface area contributed by atoms with E-state index in [1.807, 2.05) is 36.0 Å². The zero-order valence-corrected chi connectivity index (χ0v) is 9.72. The zero-order valence-electron chi connectivity index (χ0n) is 8.14. The number of aromatic nitrogens is 1. The molecular weight excluding hydrogens is 234 g/mol. The molecule has 5 heteroatoms. The standard InChI is InChI=1S/C10H10ClNO2S/c1-12-6-5-9-8(7-15(11,13)14)3-2-4-10(9)12/h2-6H,7H2,1H3. The molecule has 15 heavy (non-hydrogen) atoms. The lowest BCUT2D eigenvalue weighted by Gasteiger charge is -2.01. The number of aryl methyl sites for hydroxylation is 1. The van der Waals surface area contributed by atoms with Gasteiger partial charge < -0.3 is 4.57 Å². The number of fused-ring (bicyclic) bond motifs is 1. The van der Waals surface area contributed by atoms with Crippen molar-refractivity contribution in [3.63, 3.8) is 0 Å². The fraction of sp³-hybridized carbons (Fsp3) is 0.200. The molecule has 1 aromatic carbocycles. The Hall–Kier alpha value is -1.00. The summed E-state index contributed by atoms with van der Waals surface area (Å²) in [6.07, 6.45) is 1.90. The maximum Gasteiger partial charge on any atom is 0.236 e. The van der Waals surface area contributed by atoms with Gasteiger partial charge in [0.1, 0.15) is 0 Å². The normalized spacial score (nSPS) is 12.1. The highest BCUT2D eigenvalue weighted by Gasteiger charge is 2.10. The fourth-order valence-corrected chi connectivity index (χ4v) is 2.65. The summed E-state index contributed by atoms with van der Waals surface area (Å²) in [5, 5.41) is 0.934. The summed E-state index contributed by atoms with van der Waals surface area (Å²) in [6.45, 7) is 0. The Bertz CT molecular complexity index is 601. The maximum atomic E-state index is 11.0. The summed E-state index contributed by atoms with van der Waals surface area (Å²) in [5.74, 6) is -0.129. The number of hydrogen-bond donors (Lipinski definition) is 0. The van der Waals surface area contributed by atoms with Crippen LogP contribution in [0.1, 0.15) is 5.56 Å². The van der Waals surface area contributed by atoms with Crippen molar-refractivity contribution in [3.8, 4) is 0 Å². The summed E-state index contributed by atoms with van der Waals surface area (Å²) in [6, 6.07) is 7.45. The van der Waals surface area contributed by atoms with E-state index >= 15 is 0 Å². The van der Waals surface area contributed by atoms with Crippen molar-refractivity contribution in [2.45, 2.75) is 5.75 Å². The minimum atomic E-state index is -3.50. The van der Waals surface area contributed by atoms with Crippen LogP contribution >= 0.6 is 10.7 Å². The Morgan fingerprint density at radius 3 is 2.73 bits per heavy atom. The topological polar surface area (TPSA) is 39.1 Å². The Kier molecular flexibility index (Phi) is 2.48. The van der Waals surface area contributed by atoms with E-state index in [1.54, 1.807) is 6.07 Å². The molecule has 0 fully saturated rings. The number of rotatable bonds is 2. The van der Waals surface area contributed by atoms with Gasteiger partial charge in [-0.2, -0.15) is 0 Å². The zero-order chi connectivity index (χ0) is 11.1. The molecule has 0 aliphatic rings. The molecule has 0 saturated carbocycles. The van der Waals surface area contributed by atoms with E-state index in [1.165, 1.54) is 0 Å². The summed E-state index contributed by atoms with van der Waals surface area (Å²) in [7, 11) is 3.66. The molecule has 3 nitrogen and oxygen atoms in total. The smallest absolute Gasteiger partial charge is 0.236 e. The quantitative estimate of drug-likeness (QED) is 0.759. The van der Waals surface area contributed by atoms with Gasteiger partial charge in [0, 0.05) is 34.8 Å². The molecule has 80 valence electrons. The Morgan fingerprint density at radius 2 is 2.07 bits per heavy atom. The third-order valence-electron chi connectivity index (χ3n) is 2.35. The number of benzene rings is 1. The molecule has 1 heterocycles. The Labute approximate surface area is 92.7 Å². The van der Waals surface area contributed by atoms with Crippen molar-refractivity contribution in [2.75, 3.05) is 0 Å². The molecule has 0 spiro atoms. The molecule has 0 aliphatic carbocycles. The molecule has 0 atom stereocenters. The van der Waals surface area contributed by atoms with Gasteiger partial charge in [-0.3, -0.25) is 0 Å². The van der Waals surface area contributed by atoms with E-state index in [9.17, 15) is 8.42 Å². The molecule has 0 bridgehead atoms. The maximum absolute atomic E-state index is 11.0. The Balaban J connectivity index is 2.62. The van der Waals surface area contributed by atoms with Crippen molar-refractivity contribution in [1.82, 2.24) is 4.57 Å². The monoisotopic (exact) mass is 243 g/mol. The van der Waals surface area contributed by atoms with Crippen molar-refractivity contribution < 1.29 is 8.42 Å². The first-order valence-electron chi connectivity index (χ1n) is 4.42. The second-order valence-corrected chi connectivity index (χ2v) is 6.24. The molecule has 2 rings (SSSR count). The van der Waals surface area contributed by atoms with Crippen LogP contribution in [-0.2, 0) is 21.9 Å². The van der Waals surface area contributed by atoms with Crippen LogP contribution < -0.4 is 0 Å². The summed E-state index contributed by atoms with van der Waals surface area (Å²) in [4.78, 5) is 0. The lowest BCUT2D eigenvalue weighted by atomic mass is 10.1. The van der Waals surface area contributed by atoms with Crippen molar-refractivity contribution >= 4 is 30.6 Å². The number of nitrogens with zero attached hydrogens (tertiary/aromatic N) is 1. The molecule has 1 aromatic heterocycles. The third kappa shape index (κ3) is 2.16. The molecular formula is C10H10ClNO2S. The SMILES string of the molecule is Cn1ccc2c(CS(=O)(=O)Cl)cccc21. The van der Waals surface area contributed by atoms with Crippen molar-refractivity contribution in [2.24, 2.45) is 7.05 Å². The Morgan fingerprint density at radius 1 is 1.33 bits per heavy atom. The molecule has 0 N–H and O–H groups in total. The molecule has 0 radical (unpaired) electrons. The van der Waals surface area contributed by atoms with Gasteiger partial charge in [-0.25, -0.2) is 8.42 Å². The van der Waals surface area contributed by atoms with Crippen LogP contribution in [0.5, 0.6) is 0 Å². The van der Waals surface area contributed by atoms with E-state index in [2.05, 4.69) is 0 Å². The molecule has 0 unspecified atom stereocenters. The minimum absolute atomic E-state index is 0.129. The molecule has 0 aliphatic heterocycles. The third-order valence-corrected chi connectivity index (χ3v) is 3.33. The van der Waals surface area contributed by atoms with Gasteiger partial charge in [0.15, 0.2) is 0 Å². The van der Waals surface area contributed by atoms with E-state index in [4.69, 9.17) is 10.7 Å². The average molecular weight is 244 g/mol. The van der Waals surface area contributed by atoms with Gasteiger partial charge >= 0.3 is 0 Å². The second-order valence-electron chi connectivity index (χ2n) is 3.46. The first kappa shape index (κ1) is 10.5. The van der Waals surface area contributed by atoms with Crippen LogP contribution in [0.3, 0.4) is 0 Å². The largest absolute Gasteiger partial charge is 0.351 e.